The number of hydrogen-bond acceptors (Lipinski definition) is 5. The lowest BCUT2D eigenvalue weighted by Gasteiger charge is -2.29. The molecule has 2 N–H and O–H groups in total. The zero-order valence-corrected chi connectivity index (χ0v) is 11.0. The summed E-state index contributed by atoms with van der Waals surface area (Å²) < 4.78 is 1.27. The molecule has 0 amide bonds. The monoisotopic (exact) mass is 262 g/mol. The molecule has 3 heterocycles. The summed E-state index contributed by atoms with van der Waals surface area (Å²) in [6.45, 7) is 3.21. The molecule has 0 aromatic carbocycles. The van der Waals surface area contributed by atoms with Crippen molar-refractivity contribution in [2.45, 2.75) is 12.8 Å². The highest BCUT2D eigenvalue weighted by Crippen LogP contribution is 2.16. The van der Waals surface area contributed by atoms with Crippen LogP contribution in [0.15, 0.2) is 16.9 Å². The minimum absolute atomic E-state index is 0.307. The Morgan fingerprint density at radius 2 is 2.21 bits per heavy atom. The quantitative estimate of drug-likeness (QED) is 0.824. The van der Waals surface area contributed by atoms with Crippen LogP contribution in [0.5, 0.6) is 0 Å². The third-order valence-corrected chi connectivity index (χ3v) is 3.68. The fraction of sp³-hybridized carbons (Fsp3) is 0.583. The number of aromatic nitrogens is 4. The van der Waals surface area contributed by atoms with Crippen molar-refractivity contribution in [1.82, 2.24) is 24.7 Å². The lowest BCUT2D eigenvalue weighted by atomic mass is 9.97. The summed E-state index contributed by atoms with van der Waals surface area (Å²) in [5.41, 5.74) is 0.229. The lowest BCUT2D eigenvalue weighted by molar-refractivity contribution is 0.226. The van der Waals surface area contributed by atoms with Crippen molar-refractivity contribution in [3.8, 4) is 0 Å². The maximum atomic E-state index is 11.4. The van der Waals surface area contributed by atoms with Crippen LogP contribution in [-0.4, -0.2) is 51.4 Å². The van der Waals surface area contributed by atoms with Gasteiger partial charge in [0, 0.05) is 6.54 Å². The van der Waals surface area contributed by atoms with Crippen molar-refractivity contribution >= 4 is 11.5 Å². The van der Waals surface area contributed by atoms with E-state index in [0.717, 1.165) is 25.5 Å². The Bertz CT molecular complexity index is 610. The van der Waals surface area contributed by atoms with Gasteiger partial charge in [-0.05, 0) is 51.0 Å². The van der Waals surface area contributed by atoms with Gasteiger partial charge in [-0.25, -0.2) is 9.89 Å². The van der Waals surface area contributed by atoms with Crippen molar-refractivity contribution < 1.29 is 0 Å². The van der Waals surface area contributed by atoms with Crippen molar-refractivity contribution in [2.75, 3.05) is 32.0 Å². The number of likely N-dealkylation sites (tertiary alicyclic amines) is 1. The first-order valence-corrected chi connectivity index (χ1v) is 6.59. The van der Waals surface area contributed by atoms with E-state index in [-0.39, 0.29) is 5.69 Å². The average molecular weight is 262 g/mol. The predicted molar refractivity (Wildman–Crippen MR) is 72.3 cm³/mol. The molecular formula is C12H18N6O. The summed E-state index contributed by atoms with van der Waals surface area (Å²) in [5, 5.41) is 13.8. The zero-order valence-electron chi connectivity index (χ0n) is 11.0. The Hall–Kier alpha value is -1.89. The molecule has 0 bridgehead atoms. The third kappa shape index (κ3) is 2.60. The molecule has 1 saturated heterocycles. The van der Waals surface area contributed by atoms with Crippen LogP contribution < -0.4 is 11.0 Å². The molecule has 0 unspecified atom stereocenters. The smallest absolute Gasteiger partial charge is 0.364 e. The molecule has 3 rings (SSSR count). The highest BCUT2D eigenvalue weighted by molar-refractivity contribution is 5.42. The molecular weight excluding hydrogens is 244 g/mol. The summed E-state index contributed by atoms with van der Waals surface area (Å²) >= 11 is 0. The summed E-state index contributed by atoms with van der Waals surface area (Å²) in [4.78, 5) is 13.8. The number of rotatable bonds is 3. The average Bonchev–Trinajstić information content (AvgIpc) is 2.80. The number of hydrogen-bond donors (Lipinski definition) is 2. The normalized spacial score (nSPS) is 17.9. The second kappa shape index (κ2) is 5.00. The molecule has 0 radical (unpaired) electrons. The van der Waals surface area contributed by atoms with Gasteiger partial charge in [0.1, 0.15) is 5.82 Å². The van der Waals surface area contributed by atoms with Gasteiger partial charge in [-0.1, -0.05) is 0 Å². The van der Waals surface area contributed by atoms with E-state index < -0.39 is 0 Å². The SMILES string of the molecule is CN1CCC(CNc2ccc3n[nH]c(=O)n3n2)CC1. The molecule has 19 heavy (non-hydrogen) atoms. The highest BCUT2D eigenvalue weighted by atomic mass is 16.2. The van der Waals surface area contributed by atoms with Crippen LogP contribution in [0.3, 0.4) is 0 Å². The van der Waals surface area contributed by atoms with Crippen LogP contribution >= 0.6 is 0 Å². The van der Waals surface area contributed by atoms with E-state index >= 15 is 0 Å². The Morgan fingerprint density at radius 3 is 3.00 bits per heavy atom. The molecule has 7 nitrogen and oxygen atoms in total. The van der Waals surface area contributed by atoms with Gasteiger partial charge in [-0.3, -0.25) is 0 Å². The van der Waals surface area contributed by atoms with E-state index in [1.807, 2.05) is 6.07 Å². The molecule has 0 atom stereocenters. The van der Waals surface area contributed by atoms with E-state index in [9.17, 15) is 4.79 Å². The van der Waals surface area contributed by atoms with Gasteiger partial charge >= 0.3 is 5.69 Å². The van der Waals surface area contributed by atoms with Gasteiger partial charge in [0.25, 0.3) is 0 Å². The number of fused-ring (bicyclic) bond motifs is 1. The van der Waals surface area contributed by atoms with Gasteiger partial charge in [-0.2, -0.15) is 9.61 Å². The molecule has 102 valence electrons. The van der Waals surface area contributed by atoms with Crippen LogP contribution in [0.2, 0.25) is 0 Å². The molecule has 2 aromatic heterocycles. The fourth-order valence-corrected chi connectivity index (χ4v) is 2.41. The van der Waals surface area contributed by atoms with Crippen molar-refractivity contribution in [3.63, 3.8) is 0 Å². The summed E-state index contributed by atoms with van der Waals surface area (Å²) in [6.07, 6.45) is 2.41. The van der Waals surface area contributed by atoms with Crippen molar-refractivity contribution in [2.24, 2.45) is 5.92 Å². The minimum Gasteiger partial charge on any atom is -0.368 e. The van der Waals surface area contributed by atoms with Crippen molar-refractivity contribution in [3.05, 3.63) is 22.6 Å². The number of anilines is 1. The molecule has 1 aliphatic rings. The Kier molecular flexibility index (Phi) is 3.20. The lowest BCUT2D eigenvalue weighted by Crippen LogP contribution is -2.33. The van der Waals surface area contributed by atoms with Gasteiger partial charge < -0.3 is 10.2 Å². The predicted octanol–water partition coefficient (Wildman–Crippen LogP) is 0.171. The van der Waals surface area contributed by atoms with Crippen LogP contribution in [0, 0.1) is 5.92 Å². The molecule has 1 aliphatic heterocycles. The molecule has 1 fully saturated rings. The Balaban J connectivity index is 1.65. The van der Waals surface area contributed by atoms with Gasteiger partial charge in [0.05, 0.1) is 0 Å². The van der Waals surface area contributed by atoms with E-state index in [2.05, 4.69) is 32.6 Å². The largest absolute Gasteiger partial charge is 0.368 e. The maximum Gasteiger partial charge on any atom is 0.364 e. The van der Waals surface area contributed by atoms with Crippen molar-refractivity contribution in [1.29, 1.82) is 0 Å². The number of H-pyrrole nitrogens is 1. The topological polar surface area (TPSA) is 78.3 Å². The van der Waals surface area contributed by atoms with Gasteiger partial charge in [0.2, 0.25) is 0 Å². The number of aromatic amines is 1. The maximum absolute atomic E-state index is 11.4. The molecule has 0 spiro atoms. The Morgan fingerprint density at radius 1 is 1.42 bits per heavy atom. The molecule has 0 aliphatic carbocycles. The first kappa shape index (κ1) is 12.2. The van der Waals surface area contributed by atoms with E-state index in [4.69, 9.17) is 0 Å². The van der Waals surface area contributed by atoms with Gasteiger partial charge in [0.15, 0.2) is 5.65 Å². The molecule has 2 aromatic rings. The summed E-state index contributed by atoms with van der Waals surface area (Å²) in [5.74, 6) is 1.39. The first-order valence-electron chi connectivity index (χ1n) is 6.59. The minimum atomic E-state index is -0.307. The van der Waals surface area contributed by atoms with Crippen LogP contribution in [0.4, 0.5) is 5.82 Å². The summed E-state index contributed by atoms with van der Waals surface area (Å²) in [6, 6.07) is 3.63. The number of nitrogens with one attached hydrogen (secondary N) is 2. The van der Waals surface area contributed by atoms with Gasteiger partial charge in [-0.15, -0.1) is 5.10 Å². The summed E-state index contributed by atoms with van der Waals surface area (Å²) in [7, 11) is 2.16. The van der Waals surface area contributed by atoms with Crippen LogP contribution in [0.1, 0.15) is 12.8 Å². The van der Waals surface area contributed by atoms with Crippen LogP contribution in [0.25, 0.3) is 5.65 Å². The highest BCUT2D eigenvalue weighted by Gasteiger charge is 2.16. The second-order valence-electron chi connectivity index (χ2n) is 5.14. The third-order valence-electron chi connectivity index (χ3n) is 3.68. The first-order chi connectivity index (χ1) is 9.22. The van der Waals surface area contributed by atoms with E-state index in [1.165, 1.54) is 17.4 Å². The Labute approximate surface area is 110 Å². The molecule has 0 saturated carbocycles. The zero-order chi connectivity index (χ0) is 13.2. The fourth-order valence-electron chi connectivity index (χ4n) is 2.41. The number of nitrogens with zero attached hydrogens (tertiary/aromatic N) is 4. The number of piperidine rings is 1. The van der Waals surface area contributed by atoms with Crippen LogP contribution in [-0.2, 0) is 0 Å². The van der Waals surface area contributed by atoms with E-state index in [0.29, 0.717) is 11.6 Å². The molecule has 7 heteroatoms. The van der Waals surface area contributed by atoms with E-state index in [1.54, 1.807) is 6.07 Å². The standard InChI is InChI=1S/C12H18N6O/c1-17-6-4-9(5-7-17)8-13-10-2-3-11-14-15-12(19)18(11)16-10/h2-3,9H,4-8H2,1H3,(H,13,16)(H,15,19). The second-order valence-corrected chi connectivity index (χ2v) is 5.14.